The molecule has 10 aromatic carbocycles. The first-order chi connectivity index (χ1) is 29.2. The van der Waals surface area contributed by atoms with Gasteiger partial charge < -0.3 is 4.57 Å². The van der Waals surface area contributed by atoms with E-state index in [2.05, 4.69) is 205 Å². The highest BCUT2D eigenvalue weighted by atomic mass is 15.0. The molecule has 0 unspecified atom stereocenters. The van der Waals surface area contributed by atoms with Crippen molar-refractivity contribution < 1.29 is 0 Å². The fraction of sp³-hybridized carbons (Fsp3) is 0. The predicted octanol–water partition coefficient (Wildman–Crippen LogP) is 14.2. The van der Waals surface area contributed by atoms with Crippen LogP contribution in [0, 0.1) is 0 Å². The number of rotatable bonds is 5. The van der Waals surface area contributed by atoms with E-state index in [9.17, 15) is 0 Å². The van der Waals surface area contributed by atoms with Crippen LogP contribution in [-0.2, 0) is 0 Å². The molecule has 0 bridgehead atoms. The Hall–Kier alpha value is -7.95. The van der Waals surface area contributed by atoms with Crippen LogP contribution in [0.15, 0.2) is 206 Å². The van der Waals surface area contributed by atoms with Gasteiger partial charge in [0.2, 0.25) is 0 Å². The van der Waals surface area contributed by atoms with Crippen LogP contribution in [0.1, 0.15) is 0 Å². The second kappa shape index (κ2) is 13.3. The molecule has 2 aromatic heterocycles. The lowest BCUT2D eigenvalue weighted by Gasteiger charge is -2.16. The summed E-state index contributed by atoms with van der Waals surface area (Å²) in [5.74, 6) is 1.90. The Morgan fingerprint density at radius 3 is 1.64 bits per heavy atom. The summed E-state index contributed by atoms with van der Waals surface area (Å²) in [6, 6.07) is 73.4. The van der Waals surface area contributed by atoms with Crippen molar-refractivity contribution >= 4 is 64.9 Å². The normalized spacial score (nSPS) is 11.7. The summed E-state index contributed by atoms with van der Waals surface area (Å²) in [4.78, 5) is 15.7. The van der Waals surface area contributed by atoms with Gasteiger partial charge in [-0.25, -0.2) is 15.0 Å². The van der Waals surface area contributed by atoms with E-state index in [1.807, 2.05) is 6.07 Å². The van der Waals surface area contributed by atoms with Crippen molar-refractivity contribution in [2.75, 3.05) is 0 Å². The van der Waals surface area contributed by atoms with Crippen molar-refractivity contribution in [3.63, 3.8) is 0 Å². The molecule has 2 heterocycles. The average Bonchev–Trinajstić information content (AvgIpc) is 3.66. The van der Waals surface area contributed by atoms with Crippen LogP contribution < -0.4 is 0 Å². The van der Waals surface area contributed by atoms with E-state index in [4.69, 9.17) is 15.0 Å². The van der Waals surface area contributed by atoms with Crippen LogP contribution in [-0.4, -0.2) is 19.5 Å². The van der Waals surface area contributed by atoms with Crippen LogP contribution in [0.5, 0.6) is 0 Å². The highest BCUT2D eigenvalue weighted by Gasteiger charge is 2.21. The third kappa shape index (κ3) is 5.42. The average molecular weight is 751 g/mol. The Balaban J connectivity index is 1.10. The van der Waals surface area contributed by atoms with Crippen molar-refractivity contribution in [1.29, 1.82) is 0 Å². The van der Waals surface area contributed by atoms with Gasteiger partial charge >= 0.3 is 0 Å². The topological polar surface area (TPSA) is 43.6 Å². The molecule has 0 saturated heterocycles. The molecule has 0 atom stereocenters. The summed E-state index contributed by atoms with van der Waals surface area (Å²) in [6.07, 6.45) is 0. The molecular weight excluding hydrogens is 717 g/mol. The fourth-order valence-corrected chi connectivity index (χ4v) is 9.00. The molecule has 0 radical (unpaired) electrons. The zero-order chi connectivity index (χ0) is 38.9. The van der Waals surface area contributed by atoms with Gasteiger partial charge in [-0.15, -0.1) is 0 Å². The highest BCUT2D eigenvalue weighted by molar-refractivity contribution is 6.26. The lowest BCUT2D eigenvalue weighted by atomic mass is 10.0. The van der Waals surface area contributed by atoms with Gasteiger partial charge in [0, 0.05) is 38.2 Å². The molecule has 12 rings (SSSR count). The minimum Gasteiger partial charge on any atom is -0.308 e. The molecule has 274 valence electrons. The molecule has 0 saturated carbocycles. The SMILES string of the molecule is c1ccc(-c2ccc(-c3nc(-c4ccc5ccccc5c4)nc(-c4ccc(-n5c6ccc7ccccc7c6c6ccc7ccccc7c65)c5ccccc45)n3)cc2)cc1. The van der Waals surface area contributed by atoms with E-state index >= 15 is 0 Å². The van der Waals surface area contributed by atoms with E-state index in [1.165, 1.54) is 54.3 Å². The molecule has 0 fully saturated rings. The van der Waals surface area contributed by atoms with Crippen molar-refractivity contribution in [2.45, 2.75) is 0 Å². The van der Waals surface area contributed by atoms with Gasteiger partial charge in [0.05, 0.1) is 16.7 Å². The Labute approximate surface area is 340 Å². The summed E-state index contributed by atoms with van der Waals surface area (Å²) in [7, 11) is 0. The molecule has 0 aliphatic heterocycles. The van der Waals surface area contributed by atoms with E-state index in [0.717, 1.165) is 44.1 Å². The van der Waals surface area contributed by atoms with Gasteiger partial charge in [-0.05, 0) is 67.7 Å². The molecule has 0 amide bonds. The maximum absolute atomic E-state index is 5.26. The zero-order valence-corrected chi connectivity index (χ0v) is 31.9. The molecular formula is C55H34N4. The van der Waals surface area contributed by atoms with Crippen LogP contribution in [0.25, 0.3) is 116 Å². The van der Waals surface area contributed by atoms with Gasteiger partial charge in [-0.2, -0.15) is 0 Å². The third-order valence-corrected chi connectivity index (χ3v) is 11.8. The quantitative estimate of drug-likeness (QED) is 0.176. The van der Waals surface area contributed by atoms with Gasteiger partial charge in [0.15, 0.2) is 17.5 Å². The highest BCUT2D eigenvalue weighted by Crippen LogP contribution is 2.42. The summed E-state index contributed by atoms with van der Waals surface area (Å²) < 4.78 is 2.47. The van der Waals surface area contributed by atoms with Crippen molar-refractivity contribution in [3.05, 3.63) is 206 Å². The summed E-state index contributed by atoms with van der Waals surface area (Å²) in [5.41, 5.74) is 8.62. The lowest BCUT2D eigenvalue weighted by Crippen LogP contribution is -2.02. The van der Waals surface area contributed by atoms with E-state index in [-0.39, 0.29) is 0 Å². The van der Waals surface area contributed by atoms with E-state index < -0.39 is 0 Å². The Morgan fingerprint density at radius 2 is 0.847 bits per heavy atom. The number of hydrogen-bond acceptors (Lipinski definition) is 3. The second-order valence-electron chi connectivity index (χ2n) is 15.2. The molecule has 0 aliphatic rings. The molecule has 59 heavy (non-hydrogen) atoms. The molecule has 4 nitrogen and oxygen atoms in total. The Kier molecular flexibility index (Phi) is 7.50. The number of hydrogen-bond donors (Lipinski definition) is 0. The molecule has 0 spiro atoms. The first kappa shape index (κ1) is 33.2. The minimum atomic E-state index is 0.631. The van der Waals surface area contributed by atoms with E-state index in [1.54, 1.807) is 0 Å². The minimum absolute atomic E-state index is 0.631. The molecule has 0 N–H and O–H groups in total. The van der Waals surface area contributed by atoms with Crippen LogP contribution >= 0.6 is 0 Å². The van der Waals surface area contributed by atoms with Crippen LogP contribution in [0.4, 0.5) is 0 Å². The van der Waals surface area contributed by atoms with Crippen LogP contribution in [0.2, 0.25) is 0 Å². The second-order valence-corrected chi connectivity index (χ2v) is 15.2. The van der Waals surface area contributed by atoms with Crippen molar-refractivity contribution in [2.24, 2.45) is 0 Å². The third-order valence-electron chi connectivity index (χ3n) is 11.8. The Bertz CT molecular complexity index is 3600. The maximum atomic E-state index is 5.26. The van der Waals surface area contributed by atoms with Crippen molar-refractivity contribution in [3.8, 4) is 51.0 Å². The summed E-state index contributed by atoms with van der Waals surface area (Å²) >= 11 is 0. The monoisotopic (exact) mass is 750 g/mol. The first-order valence-corrected chi connectivity index (χ1v) is 20.0. The smallest absolute Gasteiger partial charge is 0.164 e. The van der Waals surface area contributed by atoms with Crippen LogP contribution in [0.3, 0.4) is 0 Å². The first-order valence-electron chi connectivity index (χ1n) is 20.0. The Morgan fingerprint density at radius 1 is 0.305 bits per heavy atom. The standard InChI is InChI=1S/C55H34N4/c1-2-12-35(13-3-1)37-22-25-40(26-23-37)53-56-54(42-27-24-36-14-4-5-17-41(36)34-42)58-55(57-53)47-31-33-49(46-21-11-10-20-45(46)47)59-50-32-29-38-15-6-8-18-43(38)51(50)48-30-28-39-16-7-9-19-44(39)52(48)59/h1-34H. The maximum Gasteiger partial charge on any atom is 0.164 e. The molecule has 0 aliphatic carbocycles. The number of aromatic nitrogens is 4. The van der Waals surface area contributed by atoms with Crippen molar-refractivity contribution in [1.82, 2.24) is 19.5 Å². The predicted molar refractivity (Wildman–Crippen MR) is 246 cm³/mol. The molecule has 4 heteroatoms. The summed E-state index contributed by atoms with van der Waals surface area (Å²) in [6.45, 7) is 0. The number of nitrogens with zero attached hydrogens (tertiary/aromatic N) is 4. The number of benzene rings is 10. The summed E-state index contributed by atoms with van der Waals surface area (Å²) in [5, 5.41) is 11.9. The van der Waals surface area contributed by atoms with Gasteiger partial charge in [-0.1, -0.05) is 182 Å². The largest absolute Gasteiger partial charge is 0.308 e. The zero-order valence-electron chi connectivity index (χ0n) is 31.9. The van der Waals surface area contributed by atoms with E-state index in [0.29, 0.717) is 17.5 Å². The molecule has 12 aromatic rings. The lowest BCUT2D eigenvalue weighted by molar-refractivity contribution is 1.08. The fourth-order valence-electron chi connectivity index (χ4n) is 9.00. The van der Waals surface area contributed by atoms with Gasteiger partial charge in [-0.3, -0.25) is 0 Å². The van der Waals surface area contributed by atoms with Gasteiger partial charge in [0.25, 0.3) is 0 Å². The van der Waals surface area contributed by atoms with Gasteiger partial charge in [0.1, 0.15) is 0 Å². The number of fused-ring (bicyclic) bond motifs is 9.